The fourth-order valence-electron chi connectivity index (χ4n) is 2.37. The zero-order valence-corrected chi connectivity index (χ0v) is 15.8. The van der Waals surface area contributed by atoms with E-state index in [1.54, 1.807) is 20.8 Å². The number of rotatable bonds is 4. The lowest BCUT2D eigenvalue weighted by Crippen LogP contribution is -2.50. The van der Waals surface area contributed by atoms with Crippen molar-refractivity contribution >= 4 is 11.8 Å². The Morgan fingerprint density at radius 3 is 2.36 bits per heavy atom. The monoisotopic (exact) mass is 398 g/mol. The Morgan fingerprint density at radius 2 is 1.79 bits per heavy atom. The molecule has 0 fully saturated rings. The average Bonchev–Trinajstić information content (AvgIpc) is 2.94. The van der Waals surface area contributed by atoms with Crippen LogP contribution < -0.4 is 10.6 Å². The third-order valence-corrected chi connectivity index (χ3v) is 3.61. The van der Waals surface area contributed by atoms with Gasteiger partial charge in [-0.25, -0.2) is 4.68 Å². The van der Waals surface area contributed by atoms with E-state index in [1.165, 1.54) is 19.1 Å². The number of amides is 2. The molecule has 1 aromatic heterocycles. The minimum atomic E-state index is -4.64. The first-order valence-corrected chi connectivity index (χ1v) is 8.37. The highest BCUT2D eigenvalue weighted by Gasteiger charge is 2.34. The Hall–Kier alpha value is -3.04. The van der Waals surface area contributed by atoms with Gasteiger partial charge in [0, 0.05) is 5.54 Å². The first-order valence-electron chi connectivity index (χ1n) is 8.37. The summed E-state index contributed by atoms with van der Waals surface area (Å²) in [5, 5.41) is 18.8. The number of hydrogen-bond donors (Lipinski definition) is 3. The summed E-state index contributed by atoms with van der Waals surface area (Å²) < 4.78 is 40.3. The third-order valence-electron chi connectivity index (χ3n) is 3.61. The molecule has 2 aromatic rings. The topological polar surface area (TPSA) is 96.2 Å². The number of alkyl halides is 3. The highest BCUT2D eigenvalue weighted by molar-refractivity contribution is 5.98. The molecule has 28 heavy (non-hydrogen) atoms. The number of carbonyl (C=O) groups is 2. The fraction of sp³-hybridized carbons (Fsp3) is 0.389. The highest BCUT2D eigenvalue weighted by atomic mass is 19.4. The maximum Gasteiger partial charge on any atom is 0.418 e. The predicted molar refractivity (Wildman–Crippen MR) is 95.1 cm³/mol. The molecular weight excluding hydrogens is 377 g/mol. The van der Waals surface area contributed by atoms with Crippen LogP contribution in [-0.4, -0.2) is 38.3 Å². The quantitative estimate of drug-likeness (QED) is 0.738. The molecule has 0 saturated heterocycles. The van der Waals surface area contributed by atoms with Crippen LogP contribution in [0.5, 0.6) is 5.75 Å². The van der Waals surface area contributed by atoms with Gasteiger partial charge in [0.05, 0.1) is 17.4 Å². The second kappa shape index (κ2) is 7.53. The molecule has 3 N–H and O–H groups in total. The number of hydrogen-bond acceptors (Lipinski definition) is 4. The number of benzene rings is 1. The molecule has 1 aromatic carbocycles. The molecule has 1 atom stereocenters. The minimum Gasteiger partial charge on any atom is -0.504 e. The molecule has 0 saturated carbocycles. The number of nitrogens with zero attached hydrogens (tertiary/aromatic N) is 2. The minimum absolute atomic E-state index is 0.345. The van der Waals surface area contributed by atoms with Crippen LogP contribution in [0, 0.1) is 0 Å². The summed E-state index contributed by atoms with van der Waals surface area (Å²) in [6.07, 6.45) is -3.74. The van der Waals surface area contributed by atoms with Crippen molar-refractivity contribution in [2.75, 3.05) is 0 Å². The second-order valence-electron chi connectivity index (χ2n) is 7.26. The molecule has 0 aliphatic rings. The van der Waals surface area contributed by atoms with Gasteiger partial charge in [-0.1, -0.05) is 12.1 Å². The van der Waals surface area contributed by atoms with Gasteiger partial charge in [-0.3, -0.25) is 9.59 Å². The van der Waals surface area contributed by atoms with Crippen molar-refractivity contribution in [2.45, 2.75) is 45.5 Å². The lowest BCUT2D eigenvalue weighted by molar-refractivity contribution is -0.137. The molecule has 2 rings (SSSR count). The molecule has 7 nitrogen and oxygen atoms in total. The highest BCUT2D eigenvalue weighted by Crippen LogP contribution is 2.34. The van der Waals surface area contributed by atoms with Gasteiger partial charge in [0.1, 0.15) is 6.04 Å². The second-order valence-corrected chi connectivity index (χ2v) is 7.26. The Morgan fingerprint density at radius 1 is 1.18 bits per heavy atom. The summed E-state index contributed by atoms with van der Waals surface area (Å²) >= 11 is 0. The first-order chi connectivity index (χ1) is 12.8. The molecule has 1 heterocycles. The average molecular weight is 398 g/mol. The molecule has 0 radical (unpaired) electrons. The van der Waals surface area contributed by atoms with Crippen molar-refractivity contribution in [3.63, 3.8) is 0 Å². The van der Waals surface area contributed by atoms with Crippen LogP contribution in [0.2, 0.25) is 0 Å². The Bertz CT molecular complexity index is 885. The van der Waals surface area contributed by atoms with Crippen LogP contribution in [-0.2, 0) is 11.0 Å². The summed E-state index contributed by atoms with van der Waals surface area (Å²) in [5.74, 6) is -1.96. The largest absolute Gasteiger partial charge is 0.504 e. The fourth-order valence-corrected chi connectivity index (χ4v) is 2.37. The Labute approximate surface area is 159 Å². The number of aromatic nitrogens is 2. The summed E-state index contributed by atoms with van der Waals surface area (Å²) in [6, 6.07) is 3.68. The van der Waals surface area contributed by atoms with Crippen molar-refractivity contribution in [1.29, 1.82) is 0 Å². The van der Waals surface area contributed by atoms with E-state index in [1.807, 2.05) is 0 Å². The molecule has 2 amide bonds. The maximum atomic E-state index is 13.2. The summed E-state index contributed by atoms with van der Waals surface area (Å²) in [4.78, 5) is 24.4. The van der Waals surface area contributed by atoms with Gasteiger partial charge >= 0.3 is 6.18 Å². The molecule has 0 bridgehead atoms. The van der Waals surface area contributed by atoms with Gasteiger partial charge < -0.3 is 15.7 Å². The molecule has 152 valence electrons. The summed E-state index contributed by atoms with van der Waals surface area (Å²) in [5.41, 5.74) is -2.32. The molecule has 0 spiro atoms. The van der Waals surface area contributed by atoms with Crippen molar-refractivity contribution in [2.24, 2.45) is 0 Å². The number of nitrogens with one attached hydrogen (secondary N) is 2. The van der Waals surface area contributed by atoms with E-state index in [0.29, 0.717) is 0 Å². The number of carbonyl (C=O) groups excluding carboxylic acids is 2. The summed E-state index contributed by atoms with van der Waals surface area (Å²) in [6.45, 7) is 6.74. The Balaban J connectivity index is 2.26. The van der Waals surface area contributed by atoms with E-state index in [2.05, 4.69) is 15.7 Å². The van der Waals surface area contributed by atoms with Gasteiger partial charge in [-0.15, -0.1) is 0 Å². The van der Waals surface area contributed by atoms with Crippen molar-refractivity contribution in [3.05, 3.63) is 41.7 Å². The van der Waals surface area contributed by atoms with E-state index in [4.69, 9.17) is 0 Å². The van der Waals surface area contributed by atoms with E-state index in [-0.39, 0.29) is 5.69 Å². The molecule has 1 unspecified atom stereocenters. The zero-order chi connectivity index (χ0) is 21.3. The van der Waals surface area contributed by atoms with E-state index in [9.17, 15) is 27.9 Å². The SMILES string of the molecule is CC(NC(=O)c1nn(-c2ccccc2C(F)(F)F)cc1O)C(=O)NC(C)(C)C. The normalized spacial score (nSPS) is 13.1. The lowest BCUT2D eigenvalue weighted by Gasteiger charge is -2.23. The van der Waals surface area contributed by atoms with Gasteiger partial charge in [0.15, 0.2) is 11.4 Å². The third kappa shape index (κ3) is 5.02. The van der Waals surface area contributed by atoms with Crippen LogP contribution in [0.25, 0.3) is 5.69 Å². The van der Waals surface area contributed by atoms with Crippen molar-refractivity contribution < 1.29 is 27.9 Å². The van der Waals surface area contributed by atoms with Crippen molar-refractivity contribution in [3.8, 4) is 11.4 Å². The first kappa shape index (κ1) is 21.3. The lowest BCUT2D eigenvalue weighted by atomic mass is 10.1. The van der Waals surface area contributed by atoms with Crippen LogP contribution >= 0.6 is 0 Å². The van der Waals surface area contributed by atoms with Crippen LogP contribution in [0.15, 0.2) is 30.5 Å². The number of halogens is 3. The zero-order valence-electron chi connectivity index (χ0n) is 15.8. The maximum absolute atomic E-state index is 13.2. The van der Waals surface area contributed by atoms with Gasteiger partial charge in [0.25, 0.3) is 5.91 Å². The molecular formula is C18H21F3N4O3. The van der Waals surface area contributed by atoms with Crippen molar-refractivity contribution in [1.82, 2.24) is 20.4 Å². The number of aromatic hydroxyl groups is 1. The number of para-hydroxylation sites is 1. The van der Waals surface area contributed by atoms with Gasteiger partial charge in [-0.05, 0) is 39.8 Å². The molecule has 0 aliphatic carbocycles. The van der Waals surface area contributed by atoms with Crippen LogP contribution in [0.3, 0.4) is 0 Å². The van der Waals surface area contributed by atoms with E-state index in [0.717, 1.165) is 23.0 Å². The molecule has 0 aliphatic heterocycles. The van der Waals surface area contributed by atoms with Crippen LogP contribution in [0.4, 0.5) is 13.2 Å². The van der Waals surface area contributed by atoms with E-state index < -0.39 is 46.6 Å². The van der Waals surface area contributed by atoms with Gasteiger partial charge in [0.2, 0.25) is 5.91 Å². The Kier molecular flexibility index (Phi) is 5.72. The van der Waals surface area contributed by atoms with Crippen LogP contribution in [0.1, 0.15) is 43.7 Å². The molecule has 10 heteroatoms. The van der Waals surface area contributed by atoms with Gasteiger partial charge in [-0.2, -0.15) is 18.3 Å². The van der Waals surface area contributed by atoms with E-state index >= 15 is 0 Å². The smallest absolute Gasteiger partial charge is 0.418 e. The summed E-state index contributed by atoms with van der Waals surface area (Å²) in [7, 11) is 0. The standard InChI is InChI=1S/C18H21F3N4O3/c1-10(15(27)23-17(2,3)4)22-16(28)14-13(26)9-25(24-14)12-8-6-5-7-11(12)18(19,20)21/h5-10,26H,1-4H3,(H,22,28)(H,23,27). The predicted octanol–water partition coefficient (Wildman–Crippen LogP) is 2.63.